The van der Waals surface area contributed by atoms with Crippen LogP contribution in [0, 0.1) is 0 Å². The molecule has 346 valence electrons. The summed E-state index contributed by atoms with van der Waals surface area (Å²) < 4.78 is 70.1. The van der Waals surface area contributed by atoms with Crippen molar-refractivity contribution in [3.8, 4) is 0 Å². The van der Waals surface area contributed by atoms with E-state index in [0.717, 1.165) is 54.5 Å². The molecule has 5 rings (SSSR count). The van der Waals surface area contributed by atoms with Gasteiger partial charge in [-0.15, -0.1) is 0 Å². The minimum Gasteiger partial charge on any atom is -0.465 e. The molecule has 4 aromatic rings. The number of imide groups is 1. The monoisotopic (exact) mass is 962 g/mol. The number of para-hydroxylation sites is 1. The molecule has 0 aliphatic carbocycles. The maximum Gasteiger partial charge on any atom is 0.418 e. The molecule has 1 atom stereocenters. The number of halogens is 2. The molecule has 17 nitrogen and oxygen atoms in total. The van der Waals surface area contributed by atoms with E-state index < -0.39 is 78.4 Å². The molecule has 0 radical (unpaired) electrons. The first-order chi connectivity index (χ1) is 30.3. The van der Waals surface area contributed by atoms with E-state index in [2.05, 4.69) is 26.7 Å². The third-order valence-electron chi connectivity index (χ3n) is 10.3. The molecule has 0 saturated carbocycles. The first-order valence-electron chi connectivity index (χ1n) is 21.0. The lowest BCUT2D eigenvalue weighted by Gasteiger charge is -2.26. The number of sulfonamides is 2. The lowest BCUT2D eigenvalue weighted by Crippen LogP contribution is -2.46. The second-order valence-electron chi connectivity index (χ2n) is 15.6. The smallest absolute Gasteiger partial charge is 0.418 e. The van der Waals surface area contributed by atoms with Crippen molar-refractivity contribution in [2.75, 3.05) is 23.2 Å². The van der Waals surface area contributed by atoms with E-state index in [1.165, 1.54) is 70.2 Å². The zero-order chi connectivity index (χ0) is 46.8. The number of hydrogen-bond donors (Lipinski definition) is 3. The maximum absolute atomic E-state index is 14.5. The van der Waals surface area contributed by atoms with Crippen LogP contribution in [-0.2, 0) is 50.4 Å². The molecule has 0 spiro atoms. The Balaban J connectivity index is 1.39. The summed E-state index contributed by atoms with van der Waals surface area (Å²) in [5.74, 6) is -3.63. The van der Waals surface area contributed by atoms with Crippen molar-refractivity contribution in [1.82, 2.24) is 19.2 Å². The Bertz CT molecular complexity index is 2680. The fourth-order valence-corrected chi connectivity index (χ4v) is 9.55. The zero-order valence-corrected chi connectivity index (χ0v) is 39.1. The molecule has 64 heavy (non-hydrogen) atoms. The van der Waals surface area contributed by atoms with E-state index >= 15 is 0 Å². The van der Waals surface area contributed by atoms with Crippen LogP contribution in [-0.4, -0.2) is 73.9 Å². The highest BCUT2D eigenvalue weighted by Gasteiger charge is 2.53. The quantitative estimate of drug-likeness (QED) is 0.0480. The molecular weight excluding hydrogens is 912 g/mol. The Morgan fingerprint density at radius 3 is 1.98 bits per heavy atom. The molecule has 1 fully saturated rings. The summed E-state index contributed by atoms with van der Waals surface area (Å²) in [6, 6.07) is 10.7. The Morgan fingerprint density at radius 2 is 1.38 bits per heavy atom. The number of nitrogens with one attached hydrogen (secondary N) is 3. The van der Waals surface area contributed by atoms with Gasteiger partial charge < -0.3 is 14.8 Å². The summed E-state index contributed by atoms with van der Waals surface area (Å²) >= 11 is 12.8. The first kappa shape index (κ1) is 49.9. The molecule has 3 N–H and O–H groups in total. The molecule has 2 heterocycles. The fraction of sp³-hybridized carbons (Fsp3) is 0.442. The standard InChI is InChI=1S/C43H52Cl2N6O11S2/c1-5-7-8-9-10-11-12-13-14-17-24-46-63(57,58)28-20-23-32(45)35(26-28)49-64(59,60)29-21-22-31(44)34(25-29)48-39(53)37(51-41(55)43(3,4)62-42(51)56)38-47-33-19-16-15-18-30(33)40(54)50(38)27-36(52)61-6-2/h15-16,18-23,25-26,37,46,49H,5-14,17,24,27H2,1-4H3,(H,48,53). The number of carbonyl (C=O) groups is 4. The molecule has 3 aromatic carbocycles. The zero-order valence-electron chi connectivity index (χ0n) is 35.9. The third-order valence-corrected chi connectivity index (χ3v) is 13.8. The summed E-state index contributed by atoms with van der Waals surface area (Å²) in [5.41, 5.74) is -3.12. The summed E-state index contributed by atoms with van der Waals surface area (Å²) in [7, 11) is -8.65. The summed E-state index contributed by atoms with van der Waals surface area (Å²) in [4.78, 5) is 72.5. The van der Waals surface area contributed by atoms with Crippen LogP contribution in [0.25, 0.3) is 10.9 Å². The van der Waals surface area contributed by atoms with Crippen molar-refractivity contribution in [3.63, 3.8) is 0 Å². The SMILES string of the molecule is CCCCCCCCCCCCNS(=O)(=O)c1ccc(Cl)c(NS(=O)(=O)c2ccc(Cl)c(NC(=O)C(c3nc4ccccc4c(=O)n3CC(=O)OCC)N3C(=O)OC(C)(C)C3=O)c2)c1. The predicted molar refractivity (Wildman–Crippen MR) is 242 cm³/mol. The highest BCUT2D eigenvalue weighted by Crippen LogP contribution is 2.35. The van der Waals surface area contributed by atoms with Crippen molar-refractivity contribution in [3.05, 3.63) is 86.9 Å². The van der Waals surface area contributed by atoms with E-state index in [4.69, 9.17) is 32.7 Å². The number of esters is 1. The first-order valence-corrected chi connectivity index (χ1v) is 24.7. The number of anilines is 2. The molecule has 1 saturated heterocycles. The minimum atomic E-state index is -4.60. The Morgan fingerprint density at radius 1 is 0.797 bits per heavy atom. The summed E-state index contributed by atoms with van der Waals surface area (Å²) in [6.45, 7) is 5.65. The van der Waals surface area contributed by atoms with E-state index in [-0.39, 0.29) is 50.4 Å². The Labute approximate surface area is 382 Å². The number of hydrogen-bond acceptors (Lipinski definition) is 12. The Kier molecular flexibility index (Phi) is 17.0. The number of ether oxygens (including phenoxy) is 2. The molecule has 1 aliphatic heterocycles. The number of amides is 3. The van der Waals surface area contributed by atoms with Crippen LogP contribution in [0.15, 0.2) is 75.2 Å². The van der Waals surface area contributed by atoms with Gasteiger partial charge in [-0.1, -0.05) is 100 Å². The van der Waals surface area contributed by atoms with Crippen LogP contribution in [0.2, 0.25) is 10.0 Å². The highest BCUT2D eigenvalue weighted by molar-refractivity contribution is 7.92. The second-order valence-corrected chi connectivity index (χ2v) is 19.9. The van der Waals surface area contributed by atoms with Crippen LogP contribution in [0.1, 0.15) is 104 Å². The van der Waals surface area contributed by atoms with Crippen LogP contribution in [0.5, 0.6) is 0 Å². The molecule has 0 bridgehead atoms. The van der Waals surface area contributed by atoms with E-state index in [1.54, 1.807) is 19.1 Å². The number of carbonyl (C=O) groups excluding carboxylic acids is 4. The molecular formula is C43H52Cl2N6O11S2. The normalized spacial score (nSPS) is 14.4. The topological polar surface area (TPSA) is 229 Å². The number of aromatic nitrogens is 2. The average Bonchev–Trinajstić information content (AvgIpc) is 3.44. The second kappa shape index (κ2) is 21.7. The van der Waals surface area contributed by atoms with Gasteiger partial charge in [-0.3, -0.25) is 28.5 Å². The molecule has 3 amide bonds. The van der Waals surface area contributed by atoms with Crippen molar-refractivity contribution < 1.29 is 45.5 Å². The summed E-state index contributed by atoms with van der Waals surface area (Å²) in [5, 5.41) is 2.17. The Hall–Kier alpha value is -5.08. The molecule has 1 unspecified atom stereocenters. The van der Waals surface area contributed by atoms with Crippen molar-refractivity contribution in [1.29, 1.82) is 0 Å². The van der Waals surface area contributed by atoms with E-state index in [0.29, 0.717) is 11.3 Å². The van der Waals surface area contributed by atoms with Gasteiger partial charge in [0, 0.05) is 6.54 Å². The van der Waals surface area contributed by atoms with Crippen molar-refractivity contribution in [2.24, 2.45) is 0 Å². The van der Waals surface area contributed by atoms with E-state index in [9.17, 15) is 40.8 Å². The van der Waals surface area contributed by atoms with Crippen LogP contribution in [0.3, 0.4) is 0 Å². The number of unbranched alkanes of at least 4 members (excludes halogenated alkanes) is 9. The van der Waals surface area contributed by atoms with E-state index in [1.807, 2.05) is 0 Å². The molecule has 1 aliphatic rings. The molecule has 1 aromatic heterocycles. The third kappa shape index (κ3) is 12.2. The van der Waals surface area contributed by atoms with Gasteiger partial charge in [0.1, 0.15) is 12.4 Å². The maximum atomic E-state index is 14.5. The minimum absolute atomic E-state index is 0.0441. The lowest BCUT2D eigenvalue weighted by atomic mass is 10.1. The predicted octanol–water partition coefficient (Wildman–Crippen LogP) is 7.70. The van der Waals surface area contributed by atoms with Gasteiger partial charge >= 0.3 is 12.1 Å². The highest BCUT2D eigenvalue weighted by atomic mass is 35.5. The van der Waals surface area contributed by atoms with Crippen LogP contribution < -0.4 is 20.3 Å². The number of cyclic esters (lactones) is 1. The van der Waals surface area contributed by atoms with Crippen LogP contribution >= 0.6 is 23.2 Å². The van der Waals surface area contributed by atoms with Crippen molar-refractivity contribution in [2.45, 2.75) is 120 Å². The van der Waals surface area contributed by atoms with Gasteiger partial charge in [0.15, 0.2) is 11.6 Å². The lowest BCUT2D eigenvalue weighted by molar-refractivity contribution is -0.144. The van der Waals surface area contributed by atoms with Gasteiger partial charge in [0.05, 0.1) is 48.7 Å². The van der Waals surface area contributed by atoms with Gasteiger partial charge in [-0.2, -0.15) is 0 Å². The van der Waals surface area contributed by atoms with Gasteiger partial charge in [0.25, 0.3) is 27.4 Å². The van der Waals surface area contributed by atoms with Gasteiger partial charge in [-0.05, 0) is 75.7 Å². The number of rotatable bonds is 23. The summed E-state index contributed by atoms with van der Waals surface area (Å²) in [6.07, 6.45) is 9.56. The van der Waals surface area contributed by atoms with Gasteiger partial charge in [-0.25, -0.2) is 36.2 Å². The fourth-order valence-electron chi connectivity index (χ4n) is 6.96. The van der Waals surface area contributed by atoms with Crippen LogP contribution in [0.4, 0.5) is 16.2 Å². The number of fused-ring (bicyclic) bond motifs is 1. The van der Waals surface area contributed by atoms with Crippen molar-refractivity contribution >= 4 is 89.4 Å². The molecule has 21 heteroatoms. The number of nitrogens with zero attached hydrogens (tertiary/aromatic N) is 3. The average molecular weight is 964 g/mol. The number of benzene rings is 3. The largest absolute Gasteiger partial charge is 0.465 e. The van der Waals surface area contributed by atoms with Gasteiger partial charge in [0.2, 0.25) is 10.0 Å².